The fraction of sp³-hybridized carbons (Fsp3) is 0.300. The largest absolute Gasteiger partial charge is 0.496 e. The van der Waals surface area contributed by atoms with E-state index in [1.54, 1.807) is 7.11 Å². The van der Waals surface area contributed by atoms with Crippen LogP contribution < -0.4 is 4.74 Å². The van der Waals surface area contributed by atoms with Gasteiger partial charge < -0.3 is 4.74 Å². The minimum Gasteiger partial charge on any atom is -0.496 e. The lowest BCUT2D eigenvalue weighted by molar-refractivity contribution is 0.413. The molecule has 0 unspecified atom stereocenters. The van der Waals surface area contributed by atoms with Crippen molar-refractivity contribution in [1.29, 1.82) is 0 Å². The van der Waals surface area contributed by atoms with Crippen LogP contribution in [0.1, 0.15) is 36.0 Å². The lowest BCUT2D eigenvalue weighted by Gasteiger charge is -2.17. The van der Waals surface area contributed by atoms with E-state index in [-0.39, 0.29) is 0 Å². The third kappa shape index (κ3) is 3.36. The lowest BCUT2D eigenvalue weighted by Crippen LogP contribution is -2.00. The number of ether oxygens (including phenoxy) is 1. The molecule has 0 saturated heterocycles. The van der Waals surface area contributed by atoms with Gasteiger partial charge in [0.25, 0.3) is 0 Å². The minimum atomic E-state index is 0.828. The molecule has 0 atom stereocenters. The van der Waals surface area contributed by atoms with Crippen molar-refractivity contribution in [3.8, 4) is 5.75 Å². The smallest absolute Gasteiger partial charge is 0.127 e. The van der Waals surface area contributed by atoms with Gasteiger partial charge in [-0.05, 0) is 60.4 Å². The van der Waals surface area contributed by atoms with Crippen LogP contribution in [0.25, 0.3) is 5.57 Å². The first kappa shape index (κ1) is 13.9. The lowest BCUT2D eigenvalue weighted by atomic mass is 9.88. The number of fused-ring (bicyclic) bond motifs is 1. The Morgan fingerprint density at radius 1 is 1.14 bits per heavy atom. The molecule has 21 heavy (non-hydrogen) atoms. The summed E-state index contributed by atoms with van der Waals surface area (Å²) in [6.07, 6.45) is 8.20. The van der Waals surface area contributed by atoms with Crippen molar-refractivity contribution in [2.45, 2.75) is 32.1 Å². The Bertz CT molecular complexity index is 640. The number of rotatable bonds is 5. The van der Waals surface area contributed by atoms with Gasteiger partial charge in [0, 0.05) is 6.07 Å². The molecule has 2 aromatic rings. The SMILES string of the molecule is COc1[c]ccc(CCCC2=CCCc3ccccc32)c1. The molecule has 107 valence electrons. The summed E-state index contributed by atoms with van der Waals surface area (Å²) in [5.74, 6) is 0.828. The van der Waals surface area contributed by atoms with Gasteiger partial charge >= 0.3 is 0 Å². The van der Waals surface area contributed by atoms with Gasteiger partial charge in [-0.1, -0.05) is 42.5 Å². The predicted octanol–water partition coefficient (Wildman–Crippen LogP) is 4.85. The van der Waals surface area contributed by atoms with Crippen molar-refractivity contribution >= 4 is 5.57 Å². The summed E-state index contributed by atoms with van der Waals surface area (Å²) in [7, 11) is 1.69. The number of benzene rings is 2. The van der Waals surface area contributed by atoms with Gasteiger partial charge in [-0.15, -0.1) is 0 Å². The molecule has 0 fully saturated rings. The van der Waals surface area contributed by atoms with Gasteiger partial charge in [-0.3, -0.25) is 0 Å². The minimum absolute atomic E-state index is 0.828. The van der Waals surface area contributed by atoms with Crippen LogP contribution in [0.15, 0.2) is 48.5 Å². The summed E-state index contributed by atoms with van der Waals surface area (Å²) in [5, 5.41) is 0. The second-order valence-corrected chi connectivity index (χ2v) is 5.54. The van der Waals surface area contributed by atoms with Crippen LogP contribution in [0.3, 0.4) is 0 Å². The fourth-order valence-electron chi connectivity index (χ4n) is 3.05. The Balaban J connectivity index is 1.62. The molecule has 0 amide bonds. The van der Waals surface area contributed by atoms with Gasteiger partial charge in [0.05, 0.1) is 7.11 Å². The maximum Gasteiger partial charge on any atom is 0.127 e. The van der Waals surface area contributed by atoms with Crippen molar-refractivity contribution in [1.82, 2.24) is 0 Å². The van der Waals surface area contributed by atoms with Crippen LogP contribution in [0.4, 0.5) is 0 Å². The maximum atomic E-state index is 5.23. The average Bonchev–Trinajstić information content (AvgIpc) is 2.55. The highest BCUT2D eigenvalue weighted by atomic mass is 16.5. The predicted molar refractivity (Wildman–Crippen MR) is 87.5 cm³/mol. The Morgan fingerprint density at radius 3 is 2.95 bits per heavy atom. The highest BCUT2D eigenvalue weighted by Crippen LogP contribution is 2.30. The maximum absolute atomic E-state index is 5.23. The summed E-state index contributed by atoms with van der Waals surface area (Å²) in [4.78, 5) is 0. The van der Waals surface area contributed by atoms with Crippen molar-refractivity contribution < 1.29 is 4.74 Å². The Hall–Kier alpha value is -2.02. The van der Waals surface area contributed by atoms with Crippen LogP contribution in [-0.4, -0.2) is 7.11 Å². The van der Waals surface area contributed by atoms with Crippen LogP contribution in [-0.2, 0) is 12.8 Å². The van der Waals surface area contributed by atoms with E-state index in [9.17, 15) is 0 Å². The second kappa shape index (κ2) is 6.62. The number of hydrogen-bond acceptors (Lipinski definition) is 1. The summed E-state index contributed by atoms with van der Waals surface area (Å²) in [5.41, 5.74) is 5.82. The first-order valence-electron chi connectivity index (χ1n) is 7.69. The van der Waals surface area contributed by atoms with Crippen LogP contribution in [0.2, 0.25) is 0 Å². The van der Waals surface area contributed by atoms with E-state index in [1.807, 2.05) is 6.07 Å². The fourth-order valence-corrected chi connectivity index (χ4v) is 3.05. The molecule has 0 saturated carbocycles. The zero-order valence-electron chi connectivity index (χ0n) is 12.6. The molecule has 0 aromatic heterocycles. The molecular weight excluding hydrogens is 256 g/mol. The van der Waals surface area contributed by atoms with E-state index in [0.717, 1.165) is 18.6 Å². The van der Waals surface area contributed by atoms with Gasteiger partial charge in [0.15, 0.2) is 0 Å². The van der Waals surface area contributed by atoms with Crippen molar-refractivity contribution in [3.63, 3.8) is 0 Å². The van der Waals surface area contributed by atoms with E-state index >= 15 is 0 Å². The topological polar surface area (TPSA) is 9.23 Å². The van der Waals surface area contributed by atoms with Gasteiger partial charge in [0.2, 0.25) is 0 Å². The van der Waals surface area contributed by atoms with E-state index in [2.05, 4.69) is 48.5 Å². The Labute approximate surface area is 127 Å². The van der Waals surface area contributed by atoms with E-state index < -0.39 is 0 Å². The summed E-state index contributed by atoms with van der Waals surface area (Å²) < 4.78 is 5.23. The number of aryl methyl sites for hydroxylation is 2. The van der Waals surface area contributed by atoms with Crippen LogP contribution in [0.5, 0.6) is 5.75 Å². The molecule has 1 heteroatoms. The molecule has 1 nitrogen and oxygen atoms in total. The number of allylic oxidation sites excluding steroid dienone is 2. The van der Waals surface area contributed by atoms with Gasteiger partial charge in [0.1, 0.15) is 5.75 Å². The molecule has 0 bridgehead atoms. The van der Waals surface area contributed by atoms with Crippen LogP contribution >= 0.6 is 0 Å². The molecule has 0 heterocycles. The first-order valence-corrected chi connectivity index (χ1v) is 7.69. The summed E-state index contributed by atoms with van der Waals surface area (Å²) >= 11 is 0. The van der Waals surface area contributed by atoms with E-state index in [1.165, 1.54) is 41.5 Å². The standard InChI is InChI=1S/C20H21O/c1-21-19-13-5-8-16(15-19)7-4-10-18-12-6-11-17-9-2-3-14-20(17)18/h2-3,5,8-9,12,14-15H,4,6-7,10-11H2,1H3. The van der Waals surface area contributed by atoms with Crippen molar-refractivity contribution in [2.24, 2.45) is 0 Å². The third-order valence-electron chi connectivity index (χ3n) is 4.14. The van der Waals surface area contributed by atoms with Crippen molar-refractivity contribution in [3.05, 3.63) is 71.3 Å². The molecule has 0 N–H and O–H groups in total. The molecule has 3 rings (SSSR count). The molecule has 0 aliphatic heterocycles. The molecule has 1 radical (unpaired) electrons. The highest BCUT2D eigenvalue weighted by Gasteiger charge is 2.11. The Morgan fingerprint density at radius 2 is 2.05 bits per heavy atom. The zero-order chi connectivity index (χ0) is 14.5. The molecule has 1 aliphatic carbocycles. The molecular formula is C20H21O. The van der Waals surface area contributed by atoms with Gasteiger partial charge in [-0.2, -0.15) is 0 Å². The molecule has 2 aromatic carbocycles. The van der Waals surface area contributed by atoms with Crippen LogP contribution in [0, 0.1) is 6.07 Å². The normalized spacial score (nSPS) is 13.5. The first-order chi connectivity index (χ1) is 10.4. The molecule has 0 spiro atoms. The summed E-state index contributed by atoms with van der Waals surface area (Å²) in [6, 6.07) is 18.1. The summed E-state index contributed by atoms with van der Waals surface area (Å²) in [6.45, 7) is 0. The molecule has 1 aliphatic rings. The Kier molecular flexibility index (Phi) is 4.40. The third-order valence-corrected chi connectivity index (χ3v) is 4.14. The monoisotopic (exact) mass is 277 g/mol. The van der Waals surface area contributed by atoms with Crippen molar-refractivity contribution in [2.75, 3.05) is 7.11 Å². The quantitative estimate of drug-likeness (QED) is 0.759. The van der Waals surface area contributed by atoms with E-state index in [4.69, 9.17) is 4.74 Å². The van der Waals surface area contributed by atoms with Gasteiger partial charge in [-0.25, -0.2) is 0 Å². The number of hydrogen-bond donors (Lipinski definition) is 0. The average molecular weight is 277 g/mol. The second-order valence-electron chi connectivity index (χ2n) is 5.54. The zero-order valence-corrected chi connectivity index (χ0v) is 12.6. The van der Waals surface area contributed by atoms with E-state index in [0.29, 0.717) is 0 Å². The number of methoxy groups -OCH3 is 1. The highest BCUT2D eigenvalue weighted by molar-refractivity contribution is 5.70.